The predicted molar refractivity (Wildman–Crippen MR) is 84.9 cm³/mol. The van der Waals surface area contributed by atoms with Crippen LogP contribution in [0, 0.1) is 11.8 Å². The second-order valence-corrected chi connectivity index (χ2v) is 6.19. The van der Waals surface area contributed by atoms with Crippen molar-refractivity contribution in [2.45, 2.75) is 26.1 Å². The molecule has 0 unspecified atom stereocenters. The maximum atomic E-state index is 12.9. The largest absolute Gasteiger partial charge is 0.492 e. The standard InChI is InChI=1S/C18H17NO5/c1-3-23-12-5-4-10(9(2)20)8-11(12)19-17(21)15-13-6-7-14(24-13)16(15)18(19)22/h4-8,13-16H,3H2,1-2H3/t13-,14-,15-,16-/m0/s1. The van der Waals surface area contributed by atoms with E-state index >= 15 is 0 Å². The smallest absolute Gasteiger partial charge is 0.240 e. The second kappa shape index (κ2) is 5.27. The van der Waals surface area contributed by atoms with Gasteiger partial charge in [0.25, 0.3) is 0 Å². The molecule has 2 saturated heterocycles. The van der Waals surface area contributed by atoms with Gasteiger partial charge in [-0.3, -0.25) is 14.4 Å². The summed E-state index contributed by atoms with van der Waals surface area (Å²) in [6, 6.07) is 4.82. The van der Waals surface area contributed by atoms with Crippen LogP contribution in [0.5, 0.6) is 5.75 Å². The Hall–Kier alpha value is -2.47. The molecule has 3 aliphatic heterocycles. The molecule has 0 N–H and O–H groups in total. The fourth-order valence-electron chi connectivity index (χ4n) is 3.73. The van der Waals surface area contributed by atoms with E-state index in [2.05, 4.69) is 0 Å². The number of carbonyl (C=O) groups is 3. The van der Waals surface area contributed by atoms with E-state index in [1.807, 2.05) is 19.1 Å². The molecule has 4 atom stereocenters. The maximum absolute atomic E-state index is 12.9. The molecule has 3 heterocycles. The molecule has 24 heavy (non-hydrogen) atoms. The molecule has 1 aromatic carbocycles. The van der Waals surface area contributed by atoms with E-state index in [-0.39, 0.29) is 29.8 Å². The Balaban J connectivity index is 1.78. The Bertz CT molecular complexity index is 754. The minimum absolute atomic E-state index is 0.136. The third-order valence-electron chi connectivity index (χ3n) is 4.82. The topological polar surface area (TPSA) is 72.9 Å². The molecular weight excluding hydrogens is 310 g/mol. The van der Waals surface area contributed by atoms with Crippen molar-refractivity contribution >= 4 is 23.3 Å². The van der Waals surface area contributed by atoms with Crippen LogP contribution in [0.3, 0.4) is 0 Å². The number of Topliss-reactive ketones (excluding diaryl/α,β-unsaturated/α-hetero) is 1. The average molecular weight is 327 g/mol. The summed E-state index contributed by atoms with van der Waals surface area (Å²) in [5.41, 5.74) is 0.775. The lowest BCUT2D eigenvalue weighted by molar-refractivity contribution is -0.124. The number of rotatable bonds is 4. The molecule has 124 valence electrons. The minimum Gasteiger partial charge on any atom is -0.492 e. The zero-order chi connectivity index (χ0) is 17.0. The zero-order valence-electron chi connectivity index (χ0n) is 13.4. The number of nitrogens with zero attached hydrogens (tertiary/aromatic N) is 1. The fourth-order valence-corrected chi connectivity index (χ4v) is 3.73. The first-order valence-electron chi connectivity index (χ1n) is 8.02. The average Bonchev–Trinajstić information content (AvgIpc) is 3.22. The van der Waals surface area contributed by atoms with E-state index in [1.54, 1.807) is 18.2 Å². The molecule has 2 amide bonds. The second-order valence-electron chi connectivity index (χ2n) is 6.19. The SMILES string of the molecule is CCOc1ccc(C(C)=O)cc1N1C(=O)[C@@H]2[C@@H](C1=O)[C@@H]1C=C[C@@H]2O1. The van der Waals surface area contributed by atoms with Crippen LogP contribution in [0.15, 0.2) is 30.4 Å². The summed E-state index contributed by atoms with van der Waals surface area (Å²) in [4.78, 5) is 38.6. The lowest BCUT2D eigenvalue weighted by Crippen LogP contribution is -2.34. The van der Waals surface area contributed by atoms with Gasteiger partial charge in [0.15, 0.2) is 5.78 Å². The lowest BCUT2D eigenvalue weighted by atomic mass is 9.85. The van der Waals surface area contributed by atoms with Crippen LogP contribution in [0.1, 0.15) is 24.2 Å². The highest BCUT2D eigenvalue weighted by molar-refractivity contribution is 6.24. The molecule has 3 aliphatic rings. The maximum Gasteiger partial charge on any atom is 0.240 e. The van der Waals surface area contributed by atoms with E-state index in [4.69, 9.17) is 9.47 Å². The van der Waals surface area contributed by atoms with Crippen molar-refractivity contribution in [2.75, 3.05) is 11.5 Å². The molecular formula is C18H17NO5. The first-order chi connectivity index (χ1) is 11.5. The fraction of sp³-hybridized carbons (Fsp3) is 0.389. The first kappa shape index (κ1) is 15.1. The number of amides is 2. The number of anilines is 1. The highest BCUT2D eigenvalue weighted by Crippen LogP contribution is 2.47. The van der Waals surface area contributed by atoms with Crippen LogP contribution in [0.4, 0.5) is 5.69 Å². The highest BCUT2D eigenvalue weighted by atomic mass is 16.5. The van der Waals surface area contributed by atoms with Crippen LogP contribution in [-0.4, -0.2) is 36.4 Å². The summed E-state index contributed by atoms with van der Waals surface area (Å²) in [6.07, 6.45) is 3.01. The van der Waals surface area contributed by atoms with Crippen LogP contribution < -0.4 is 9.64 Å². The molecule has 2 bridgehead atoms. The Morgan fingerprint density at radius 1 is 1.17 bits per heavy atom. The van der Waals surface area contributed by atoms with Crippen molar-refractivity contribution in [3.8, 4) is 5.75 Å². The van der Waals surface area contributed by atoms with Gasteiger partial charge in [-0.1, -0.05) is 12.2 Å². The van der Waals surface area contributed by atoms with Gasteiger partial charge in [0.05, 0.1) is 36.3 Å². The van der Waals surface area contributed by atoms with E-state index in [0.717, 1.165) is 0 Å². The van der Waals surface area contributed by atoms with Gasteiger partial charge >= 0.3 is 0 Å². The number of fused-ring (bicyclic) bond motifs is 5. The monoisotopic (exact) mass is 327 g/mol. The third-order valence-corrected chi connectivity index (χ3v) is 4.82. The van der Waals surface area contributed by atoms with Gasteiger partial charge in [0.1, 0.15) is 5.75 Å². The zero-order valence-corrected chi connectivity index (χ0v) is 13.4. The van der Waals surface area contributed by atoms with E-state index in [9.17, 15) is 14.4 Å². The third kappa shape index (κ3) is 1.96. The molecule has 0 spiro atoms. The van der Waals surface area contributed by atoms with Gasteiger partial charge in [0, 0.05) is 5.56 Å². The van der Waals surface area contributed by atoms with Gasteiger partial charge in [-0.2, -0.15) is 0 Å². The molecule has 0 aromatic heterocycles. The minimum atomic E-state index is -0.483. The Kier molecular flexibility index (Phi) is 3.31. The number of ether oxygens (including phenoxy) is 2. The number of hydrogen-bond acceptors (Lipinski definition) is 5. The predicted octanol–water partition coefficient (Wildman–Crippen LogP) is 1.73. The van der Waals surface area contributed by atoms with Crippen molar-refractivity contribution in [2.24, 2.45) is 11.8 Å². The normalized spacial score (nSPS) is 30.2. The molecule has 0 saturated carbocycles. The van der Waals surface area contributed by atoms with Gasteiger partial charge in [-0.25, -0.2) is 4.90 Å². The van der Waals surface area contributed by atoms with Gasteiger partial charge < -0.3 is 9.47 Å². The van der Waals surface area contributed by atoms with Crippen LogP contribution in [-0.2, 0) is 14.3 Å². The molecule has 2 fully saturated rings. The summed E-state index contributed by atoms with van der Waals surface area (Å²) in [6.45, 7) is 3.66. The lowest BCUT2D eigenvalue weighted by Gasteiger charge is -2.21. The Labute approximate surface area is 139 Å². The molecule has 1 aromatic rings. The van der Waals surface area contributed by atoms with Crippen LogP contribution >= 0.6 is 0 Å². The molecule has 0 aliphatic carbocycles. The quantitative estimate of drug-likeness (QED) is 0.478. The number of hydrogen-bond donors (Lipinski definition) is 0. The Morgan fingerprint density at radius 3 is 2.33 bits per heavy atom. The number of carbonyl (C=O) groups excluding carboxylic acids is 3. The van der Waals surface area contributed by atoms with Crippen molar-refractivity contribution in [3.63, 3.8) is 0 Å². The van der Waals surface area contributed by atoms with Gasteiger partial charge in [-0.15, -0.1) is 0 Å². The summed E-state index contributed by atoms with van der Waals surface area (Å²) in [5.74, 6) is -1.26. The molecule has 4 rings (SSSR count). The summed E-state index contributed by atoms with van der Waals surface area (Å²) < 4.78 is 11.2. The number of ketones is 1. The van der Waals surface area contributed by atoms with Crippen molar-refractivity contribution in [1.82, 2.24) is 0 Å². The van der Waals surface area contributed by atoms with Gasteiger partial charge in [0.2, 0.25) is 11.8 Å². The summed E-state index contributed by atoms with van der Waals surface area (Å²) in [7, 11) is 0. The van der Waals surface area contributed by atoms with Crippen LogP contribution in [0.2, 0.25) is 0 Å². The van der Waals surface area contributed by atoms with Crippen molar-refractivity contribution in [3.05, 3.63) is 35.9 Å². The van der Waals surface area contributed by atoms with E-state index < -0.39 is 11.8 Å². The molecule has 0 radical (unpaired) electrons. The highest BCUT2D eigenvalue weighted by Gasteiger charge is 2.61. The first-order valence-corrected chi connectivity index (χ1v) is 8.02. The summed E-state index contributed by atoms with van der Waals surface area (Å²) in [5, 5.41) is 0. The van der Waals surface area contributed by atoms with E-state index in [0.29, 0.717) is 23.6 Å². The van der Waals surface area contributed by atoms with Gasteiger partial charge in [-0.05, 0) is 32.0 Å². The number of benzene rings is 1. The van der Waals surface area contributed by atoms with Crippen molar-refractivity contribution < 1.29 is 23.9 Å². The number of imide groups is 1. The van der Waals surface area contributed by atoms with E-state index in [1.165, 1.54) is 11.8 Å². The molecule has 6 heteroatoms. The summed E-state index contributed by atoms with van der Waals surface area (Å²) >= 11 is 0. The van der Waals surface area contributed by atoms with Crippen LogP contribution in [0.25, 0.3) is 0 Å². The Morgan fingerprint density at radius 2 is 1.79 bits per heavy atom. The molecule has 6 nitrogen and oxygen atoms in total. The van der Waals surface area contributed by atoms with Crippen molar-refractivity contribution in [1.29, 1.82) is 0 Å².